The van der Waals surface area contributed by atoms with E-state index in [0.29, 0.717) is 18.9 Å². The van der Waals surface area contributed by atoms with Crippen LogP contribution in [0.1, 0.15) is 56.0 Å². The van der Waals surface area contributed by atoms with Crippen LogP contribution in [0.3, 0.4) is 0 Å². The number of carbonyl (C=O) groups excluding carboxylic acids is 3. The minimum Gasteiger partial charge on any atom is -0.444 e. The number of amides is 3. The van der Waals surface area contributed by atoms with Crippen LogP contribution in [0.5, 0.6) is 0 Å². The molecule has 2 aromatic carbocycles. The third kappa shape index (κ3) is 9.76. The van der Waals surface area contributed by atoms with Crippen LogP contribution in [-0.4, -0.2) is 56.3 Å². The van der Waals surface area contributed by atoms with Gasteiger partial charge in [0, 0.05) is 17.6 Å². The average Bonchev–Trinajstić information content (AvgIpc) is 2.87. The Morgan fingerprint density at radius 1 is 0.951 bits per heavy atom. The van der Waals surface area contributed by atoms with Gasteiger partial charge in [0.2, 0.25) is 5.91 Å². The fourth-order valence-electron chi connectivity index (χ4n) is 4.61. The van der Waals surface area contributed by atoms with E-state index in [1.807, 2.05) is 0 Å². The number of ether oxygens (including phenoxy) is 1. The standard InChI is InChI=1S/C28H34F3N3O6S/c1-27(2,3)40-26(37)34-23-13-12-21(15-19(23)17-41(38,39)22-10-5-4-6-11-22)33-24(35)16-32-25(36)18-8-7-9-20(14-18)28(29,30)31/h4-11,14,19,21,23H,12-13,15-17H2,1-3H3,(H,32,36)(H,33,35)(H,34,37). The summed E-state index contributed by atoms with van der Waals surface area (Å²) in [6, 6.07) is 10.8. The van der Waals surface area contributed by atoms with Crippen molar-refractivity contribution in [2.45, 2.75) is 68.8 Å². The molecule has 0 heterocycles. The number of hydrogen-bond acceptors (Lipinski definition) is 6. The van der Waals surface area contributed by atoms with Gasteiger partial charge in [0.05, 0.1) is 22.8 Å². The molecule has 3 unspecified atom stereocenters. The minimum absolute atomic E-state index is 0.138. The summed E-state index contributed by atoms with van der Waals surface area (Å²) in [6.45, 7) is 4.64. The zero-order valence-corrected chi connectivity index (χ0v) is 23.8. The molecule has 0 spiro atoms. The van der Waals surface area contributed by atoms with Gasteiger partial charge in [-0.25, -0.2) is 13.2 Å². The van der Waals surface area contributed by atoms with Crippen molar-refractivity contribution in [1.29, 1.82) is 0 Å². The molecule has 3 amide bonds. The van der Waals surface area contributed by atoms with E-state index in [9.17, 15) is 36.0 Å². The van der Waals surface area contributed by atoms with Crippen molar-refractivity contribution in [3.8, 4) is 0 Å². The maximum atomic E-state index is 13.1. The van der Waals surface area contributed by atoms with E-state index in [-0.39, 0.29) is 22.6 Å². The van der Waals surface area contributed by atoms with Crippen molar-refractivity contribution in [2.24, 2.45) is 5.92 Å². The highest BCUT2D eigenvalue weighted by molar-refractivity contribution is 7.91. The highest BCUT2D eigenvalue weighted by Gasteiger charge is 2.36. The number of rotatable bonds is 8. The highest BCUT2D eigenvalue weighted by atomic mass is 32.2. The van der Waals surface area contributed by atoms with Gasteiger partial charge in [-0.05, 0) is 76.3 Å². The smallest absolute Gasteiger partial charge is 0.416 e. The van der Waals surface area contributed by atoms with Crippen molar-refractivity contribution in [2.75, 3.05) is 12.3 Å². The zero-order valence-electron chi connectivity index (χ0n) is 23.0. The lowest BCUT2D eigenvalue weighted by molar-refractivity contribution is -0.137. The molecule has 0 radical (unpaired) electrons. The molecule has 2 aromatic rings. The first-order valence-corrected chi connectivity index (χ1v) is 14.7. The second-order valence-corrected chi connectivity index (χ2v) is 13.0. The molecule has 0 saturated heterocycles. The topological polar surface area (TPSA) is 131 Å². The molecule has 1 saturated carbocycles. The van der Waals surface area contributed by atoms with Gasteiger partial charge < -0.3 is 20.7 Å². The summed E-state index contributed by atoms with van der Waals surface area (Å²) < 4.78 is 70.4. The molecule has 1 fully saturated rings. The Labute approximate surface area is 237 Å². The van der Waals surface area contributed by atoms with Crippen LogP contribution < -0.4 is 16.0 Å². The van der Waals surface area contributed by atoms with E-state index in [4.69, 9.17) is 4.74 Å². The maximum Gasteiger partial charge on any atom is 0.416 e. The molecule has 0 aromatic heterocycles. The summed E-state index contributed by atoms with van der Waals surface area (Å²) in [5.41, 5.74) is -1.98. The third-order valence-corrected chi connectivity index (χ3v) is 8.30. The molecule has 0 bridgehead atoms. The van der Waals surface area contributed by atoms with E-state index in [1.165, 1.54) is 18.2 Å². The second kappa shape index (κ2) is 12.9. The fraction of sp³-hybridized carbons (Fsp3) is 0.464. The lowest BCUT2D eigenvalue weighted by Gasteiger charge is -2.37. The molecule has 3 N–H and O–H groups in total. The first-order valence-electron chi connectivity index (χ1n) is 13.1. The monoisotopic (exact) mass is 597 g/mol. The fourth-order valence-corrected chi connectivity index (χ4v) is 6.31. The van der Waals surface area contributed by atoms with E-state index < -0.39 is 69.6 Å². The lowest BCUT2D eigenvalue weighted by Crippen LogP contribution is -2.52. The number of alkyl halides is 3. The predicted molar refractivity (Wildman–Crippen MR) is 145 cm³/mol. The number of alkyl carbamates (subject to hydrolysis) is 1. The summed E-state index contributed by atoms with van der Waals surface area (Å²) in [5.74, 6) is -2.27. The van der Waals surface area contributed by atoms with E-state index in [1.54, 1.807) is 39.0 Å². The van der Waals surface area contributed by atoms with Crippen molar-refractivity contribution in [3.05, 3.63) is 65.7 Å². The molecule has 0 aliphatic heterocycles. The first kappa shape index (κ1) is 31.9. The normalized spacial score (nSPS) is 19.6. The Balaban J connectivity index is 1.64. The van der Waals surface area contributed by atoms with Gasteiger partial charge in [-0.2, -0.15) is 13.2 Å². The molecule has 1 aliphatic rings. The van der Waals surface area contributed by atoms with Gasteiger partial charge >= 0.3 is 12.3 Å². The Bertz CT molecular complexity index is 1340. The summed E-state index contributed by atoms with van der Waals surface area (Å²) in [6.07, 6.45) is -4.30. The molecule has 9 nitrogen and oxygen atoms in total. The molecular weight excluding hydrogens is 563 g/mol. The van der Waals surface area contributed by atoms with Crippen LogP contribution >= 0.6 is 0 Å². The molecule has 3 rings (SSSR count). The zero-order chi connectivity index (χ0) is 30.4. The van der Waals surface area contributed by atoms with Crippen LogP contribution in [0.4, 0.5) is 18.0 Å². The van der Waals surface area contributed by atoms with Crippen LogP contribution in [0, 0.1) is 5.92 Å². The summed E-state index contributed by atoms with van der Waals surface area (Å²) in [4.78, 5) is 37.5. The maximum absolute atomic E-state index is 13.1. The number of nitrogens with one attached hydrogen (secondary N) is 3. The van der Waals surface area contributed by atoms with Crippen LogP contribution in [0.2, 0.25) is 0 Å². The SMILES string of the molecule is CC(C)(C)OC(=O)NC1CCC(NC(=O)CNC(=O)c2cccc(C(F)(F)F)c2)CC1CS(=O)(=O)c1ccccc1. The largest absolute Gasteiger partial charge is 0.444 e. The van der Waals surface area contributed by atoms with Gasteiger partial charge in [-0.15, -0.1) is 0 Å². The van der Waals surface area contributed by atoms with Crippen molar-refractivity contribution in [1.82, 2.24) is 16.0 Å². The molecule has 13 heteroatoms. The Morgan fingerprint density at radius 3 is 2.27 bits per heavy atom. The number of carbonyl (C=O) groups is 3. The van der Waals surface area contributed by atoms with Crippen molar-refractivity contribution < 1.29 is 40.7 Å². The van der Waals surface area contributed by atoms with Crippen molar-refractivity contribution >= 4 is 27.7 Å². The average molecular weight is 598 g/mol. The van der Waals surface area contributed by atoms with Crippen LogP contribution in [0.25, 0.3) is 0 Å². The number of sulfone groups is 1. The Morgan fingerprint density at radius 2 is 1.63 bits per heavy atom. The quantitative estimate of drug-likeness (QED) is 0.420. The van der Waals surface area contributed by atoms with E-state index in [0.717, 1.165) is 12.1 Å². The number of halogens is 3. The summed E-state index contributed by atoms with van der Waals surface area (Å²) in [5, 5.41) is 7.83. The minimum atomic E-state index is -4.62. The number of benzene rings is 2. The second-order valence-electron chi connectivity index (χ2n) is 10.9. The van der Waals surface area contributed by atoms with E-state index in [2.05, 4.69) is 16.0 Å². The predicted octanol–water partition coefficient (Wildman–Crippen LogP) is 4.09. The highest BCUT2D eigenvalue weighted by Crippen LogP contribution is 2.30. The van der Waals surface area contributed by atoms with Gasteiger partial charge in [-0.3, -0.25) is 9.59 Å². The van der Waals surface area contributed by atoms with Gasteiger partial charge in [0.25, 0.3) is 5.91 Å². The molecular formula is C28H34F3N3O6S. The Kier molecular flexibility index (Phi) is 10.1. The molecule has 224 valence electrons. The van der Waals surface area contributed by atoms with E-state index >= 15 is 0 Å². The van der Waals surface area contributed by atoms with Crippen molar-refractivity contribution in [3.63, 3.8) is 0 Å². The Hall–Kier alpha value is -3.61. The summed E-state index contributed by atoms with van der Waals surface area (Å²) in [7, 11) is -3.72. The first-order chi connectivity index (χ1) is 19.0. The van der Waals surface area contributed by atoms with Gasteiger partial charge in [0.1, 0.15) is 5.60 Å². The van der Waals surface area contributed by atoms with Gasteiger partial charge in [-0.1, -0.05) is 24.3 Å². The molecule has 3 atom stereocenters. The molecule has 1 aliphatic carbocycles. The van der Waals surface area contributed by atoms with Gasteiger partial charge in [0.15, 0.2) is 9.84 Å². The lowest BCUT2D eigenvalue weighted by atomic mass is 9.82. The number of hydrogen-bond donors (Lipinski definition) is 3. The summed E-state index contributed by atoms with van der Waals surface area (Å²) >= 11 is 0. The van der Waals surface area contributed by atoms with Crippen LogP contribution in [-0.2, 0) is 25.5 Å². The third-order valence-electron chi connectivity index (χ3n) is 6.45. The molecule has 41 heavy (non-hydrogen) atoms. The van der Waals surface area contributed by atoms with Crippen LogP contribution in [0.15, 0.2) is 59.5 Å².